The van der Waals surface area contributed by atoms with Gasteiger partial charge in [-0.05, 0) is 51.4 Å². The van der Waals surface area contributed by atoms with Gasteiger partial charge in [0.05, 0.1) is 25.4 Å². The molecule has 512 valence electrons. The Balaban J connectivity index is 3.34. The predicted molar refractivity (Wildman–Crippen MR) is 380 cm³/mol. The third-order valence-corrected chi connectivity index (χ3v) is 19.1. The number of ether oxygens (including phenoxy) is 1. The van der Waals surface area contributed by atoms with Gasteiger partial charge in [-0.25, -0.2) is 0 Å². The van der Waals surface area contributed by atoms with Gasteiger partial charge in [0.1, 0.15) is 0 Å². The Morgan fingerprint density at radius 3 is 0.826 bits per heavy atom. The summed E-state index contributed by atoms with van der Waals surface area (Å²) >= 11 is 0. The lowest BCUT2D eigenvalue weighted by Gasteiger charge is -2.22. The van der Waals surface area contributed by atoms with Crippen LogP contribution in [0.1, 0.15) is 463 Å². The summed E-state index contributed by atoms with van der Waals surface area (Å²) in [4.78, 5) is 24.7. The van der Waals surface area contributed by atoms with Gasteiger partial charge in [0, 0.05) is 12.8 Å². The van der Waals surface area contributed by atoms with E-state index in [-0.39, 0.29) is 18.5 Å². The molecular weight excluding hydrogens is 1050 g/mol. The highest BCUT2D eigenvalue weighted by Crippen LogP contribution is 2.20. The third-order valence-electron chi connectivity index (χ3n) is 19.1. The molecule has 0 aromatic rings. The summed E-state index contributed by atoms with van der Waals surface area (Å²) in [5, 5.41) is 23.5. The molecule has 0 aromatic heterocycles. The molecule has 0 aliphatic heterocycles. The molecule has 0 aromatic carbocycles. The lowest BCUT2D eigenvalue weighted by atomic mass is 10.0. The van der Waals surface area contributed by atoms with E-state index < -0.39 is 12.1 Å². The predicted octanol–water partition coefficient (Wildman–Crippen LogP) is 26.3. The van der Waals surface area contributed by atoms with Crippen LogP contribution in [0.3, 0.4) is 0 Å². The molecule has 0 radical (unpaired) electrons. The van der Waals surface area contributed by atoms with Crippen LogP contribution >= 0.6 is 0 Å². The highest BCUT2D eigenvalue weighted by molar-refractivity contribution is 5.76. The van der Waals surface area contributed by atoms with Crippen molar-refractivity contribution in [1.29, 1.82) is 0 Å². The van der Waals surface area contributed by atoms with Crippen molar-refractivity contribution in [2.75, 3.05) is 13.2 Å². The zero-order valence-corrected chi connectivity index (χ0v) is 58.8. The molecule has 2 unspecified atom stereocenters. The number of aliphatic hydroxyl groups excluding tert-OH is 2. The van der Waals surface area contributed by atoms with Crippen LogP contribution < -0.4 is 5.32 Å². The van der Waals surface area contributed by atoms with E-state index in [1.807, 2.05) is 0 Å². The van der Waals surface area contributed by atoms with E-state index in [2.05, 4.69) is 31.3 Å². The summed E-state index contributed by atoms with van der Waals surface area (Å²) < 4.78 is 5.50. The Kier molecular flexibility index (Phi) is 74.8. The van der Waals surface area contributed by atoms with Gasteiger partial charge < -0.3 is 20.3 Å². The van der Waals surface area contributed by atoms with Gasteiger partial charge in [0.2, 0.25) is 5.91 Å². The molecule has 0 rings (SSSR count). The van der Waals surface area contributed by atoms with Crippen molar-refractivity contribution < 1.29 is 24.5 Å². The van der Waals surface area contributed by atoms with Crippen molar-refractivity contribution in [2.24, 2.45) is 0 Å². The molecule has 0 aliphatic carbocycles. The average Bonchev–Trinajstić information content (AvgIpc) is 3.52. The minimum atomic E-state index is -0.663. The van der Waals surface area contributed by atoms with Crippen LogP contribution in [0.2, 0.25) is 0 Å². The Hall–Kier alpha value is -1.40. The number of nitrogens with one attached hydrogen (secondary N) is 1. The molecule has 0 fully saturated rings. The van der Waals surface area contributed by atoms with Gasteiger partial charge in [-0.3, -0.25) is 9.59 Å². The summed E-state index contributed by atoms with van der Waals surface area (Å²) in [7, 11) is 0. The number of carbonyl (C=O) groups excluding carboxylic acids is 2. The standard InChI is InChI=1S/C80H157NO5/c1-3-5-7-9-11-13-15-17-19-20-21-22-35-38-41-45-48-52-56-60-64-68-72-78(83)77(76-82)81-79(84)73-69-65-61-57-53-49-46-42-39-36-33-31-29-27-25-23-24-26-28-30-32-34-37-40-43-47-51-55-59-63-67-71-75-86-80(85)74-70-66-62-58-54-50-44-18-16-14-12-10-8-6-4-2/h26,28,77-78,82-83H,3-25,27,29-76H2,1-2H3,(H,81,84)/b28-26-. The number of amides is 1. The van der Waals surface area contributed by atoms with E-state index in [1.165, 1.54) is 392 Å². The van der Waals surface area contributed by atoms with E-state index in [1.54, 1.807) is 0 Å². The Morgan fingerprint density at radius 1 is 0.314 bits per heavy atom. The molecule has 6 heteroatoms. The lowest BCUT2D eigenvalue weighted by molar-refractivity contribution is -0.143. The van der Waals surface area contributed by atoms with Gasteiger partial charge in [0.15, 0.2) is 0 Å². The molecule has 6 nitrogen and oxygen atoms in total. The molecule has 86 heavy (non-hydrogen) atoms. The Labute approximate surface area is 539 Å². The molecule has 0 bridgehead atoms. The molecule has 3 N–H and O–H groups in total. The molecule has 0 spiro atoms. The fourth-order valence-corrected chi connectivity index (χ4v) is 13.0. The number of rotatable bonds is 76. The van der Waals surface area contributed by atoms with Crippen LogP contribution in [0.25, 0.3) is 0 Å². The highest BCUT2D eigenvalue weighted by Gasteiger charge is 2.20. The van der Waals surface area contributed by atoms with Gasteiger partial charge in [0.25, 0.3) is 0 Å². The maximum atomic E-state index is 12.6. The second kappa shape index (κ2) is 76.1. The fraction of sp³-hybridized carbons (Fsp3) is 0.950. The molecular formula is C80H157NO5. The smallest absolute Gasteiger partial charge is 0.305 e. The summed E-state index contributed by atoms with van der Waals surface area (Å²) in [6.07, 6.45) is 95.9. The Bertz CT molecular complexity index is 1300. The first-order chi connectivity index (χ1) is 42.5. The number of unbranched alkanes of at least 4 members (excludes halogenated alkanes) is 63. The van der Waals surface area contributed by atoms with Gasteiger partial charge in [-0.2, -0.15) is 0 Å². The lowest BCUT2D eigenvalue weighted by Crippen LogP contribution is -2.45. The van der Waals surface area contributed by atoms with Gasteiger partial charge in [-0.15, -0.1) is 0 Å². The van der Waals surface area contributed by atoms with Crippen LogP contribution in [0.15, 0.2) is 12.2 Å². The summed E-state index contributed by atoms with van der Waals surface area (Å²) in [5.74, 6) is -0.00402. The molecule has 2 atom stereocenters. The topological polar surface area (TPSA) is 95.9 Å². The van der Waals surface area contributed by atoms with Crippen molar-refractivity contribution >= 4 is 11.9 Å². The largest absolute Gasteiger partial charge is 0.466 e. The van der Waals surface area contributed by atoms with Crippen LogP contribution in [0.5, 0.6) is 0 Å². The van der Waals surface area contributed by atoms with Crippen molar-refractivity contribution in [3.8, 4) is 0 Å². The number of hydrogen-bond acceptors (Lipinski definition) is 5. The number of carbonyl (C=O) groups is 2. The van der Waals surface area contributed by atoms with Crippen LogP contribution in [-0.4, -0.2) is 47.4 Å². The summed E-state index contributed by atoms with van der Waals surface area (Å²) in [6, 6.07) is -0.540. The van der Waals surface area contributed by atoms with Gasteiger partial charge in [-0.1, -0.05) is 411 Å². The first kappa shape index (κ1) is 84.6. The maximum Gasteiger partial charge on any atom is 0.305 e. The molecule has 0 heterocycles. The third kappa shape index (κ3) is 71.7. The van der Waals surface area contributed by atoms with E-state index >= 15 is 0 Å². The van der Waals surface area contributed by atoms with Crippen LogP contribution in [-0.2, 0) is 14.3 Å². The maximum absolute atomic E-state index is 12.6. The monoisotopic (exact) mass is 1210 g/mol. The normalized spacial score (nSPS) is 12.5. The van der Waals surface area contributed by atoms with Crippen molar-refractivity contribution in [3.05, 3.63) is 12.2 Å². The van der Waals surface area contributed by atoms with E-state index in [9.17, 15) is 19.8 Å². The average molecular weight is 1210 g/mol. The summed E-state index contributed by atoms with van der Waals surface area (Å²) in [5.41, 5.74) is 0. The molecule has 0 saturated carbocycles. The minimum absolute atomic E-state index is 0.0224. The Morgan fingerprint density at radius 2 is 0.547 bits per heavy atom. The van der Waals surface area contributed by atoms with E-state index in [0.29, 0.717) is 25.9 Å². The second-order valence-corrected chi connectivity index (χ2v) is 27.8. The first-order valence-electron chi connectivity index (χ1n) is 39.9. The fourth-order valence-electron chi connectivity index (χ4n) is 13.0. The first-order valence-corrected chi connectivity index (χ1v) is 39.9. The van der Waals surface area contributed by atoms with Crippen LogP contribution in [0.4, 0.5) is 0 Å². The zero-order valence-electron chi connectivity index (χ0n) is 58.8. The number of hydrogen-bond donors (Lipinski definition) is 3. The van der Waals surface area contributed by atoms with Crippen molar-refractivity contribution in [2.45, 2.75) is 475 Å². The zero-order chi connectivity index (χ0) is 62.0. The molecule has 0 saturated heterocycles. The number of allylic oxidation sites excluding steroid dienone is 2. The van der Waals surface area contributed by atoms with E-state index in [0.717, 1.165) is 38.5 Å². The highest BCUT2D eigenvalue weighted by atomic mass is 16.5. The van der Waals surface area contributed by atoms with Crippen LogP contribution in [0, 0.1) is 0 Å². The summed E-state index contributed by atoms with van der Waals surface area (Å²) in [6.45, 7) is 5.01. The van der Waals surface area contributed by atoms with Crippen molar-refractivity contribution in [3.63, 3.8) is 0 Å². The van der Waals surface area contributed by atoms with Crippen molar-refractivity contribution in [1.82, 2.24) is 5.32 Å². The van der Waals surface area contributed by atoms with E-state index in [4.69, 9.17) is 4.74 Å². The molecule has 0 aliphatic rings. The second-order valence-electron chi connectivity index (χ2n) is 27.8. The quantitative estimate of drug-likeness (QED) is 0.0320. The minimum Gasteiger partial charge on any atom is -0.466 e. The van der Waals surface area contributed by atoms with Gasteiger partial charge >= 0.3 is 5.97 Å². The number of aliphatic hydroxyl groups is 2. The SMILES string of the molecule is CCCCCCCCCCCCCCCCCCCCCCCCC(O)C(CO)NC(=O)CCCCCCCCCCCCCCCCCC/C=C\CCCCCCCCCCCCCCOC(=O)CCCCCCCCCCCCCCCCC. The molecule has 1 amide bonds. The number of esters is 1.